The van der Waals surface area contributed by atoms with Gasteiger partial charge < -0.3 is 10.4 Å². The maximum atomic E-state index is 9.29. The molecule has 2 aromatic carbocycles. The van der Waals surface area contributed by atoms with Gasteiger partial charge in [-0.2, -0.15) is 0 Å². The van der Waals surface area contributed by atoms with E-state index in [0.29, 0.717) is 5.02 Å². The minimum absolute atomic E-state index is 0.229. The molecule has 0 atom stereocenters. The highest BCUT2D eigenvalue weighted by atomic mass is 35.5. The van der Waals surface area contributed by atoms with Crippen molar-refractivity contribution in [3.63, 3.8) is 0 Å². The molecule has 0 saturated heterocycles. The highest BCUT2D eigenvalue weighted by molar-refractivity contribution is 6.33. The lowest BCUT2D eigenvalue weighted by atomic mass is 10.2. The molecule has 0 heterocycles. The maximum Gasteiger partial charge on any atom is 0.117 e. The zero-order valence-electron chi connectivity index (χ0n) is 7.94. The Morgan fingerprint density at radius 1 is 1.00 bits per heavy atom. The van der Waals surface area contributed by atoms with Crippen LogP contribution in [0.3, 0.4) is 0 Å². The topological polar surface area (TPSA) is 32.3 Å². The molecule has 76 valence electrons. The molecule has 2 N–H and O–H groups in total. The Hall–Kier alpha value is -1.67. The SMILES string of the molecule is Oc1cccc(Nc2ccccc2Cl)c1. The van der Waals surface area contributed by atoms with Crippen molar-refractivity contribution in [2.24, 2.45) is 0 Å². The van der Waals surface area contributed by atoms with Crippen molar-refractivity contribution in [1.82, 2.24) is 0 Å². The first-order valence-electron chi connectivity index (χ1n) is 4.56. The summed E-state index contributed by atoms with van der Waals surface area (Å²) in [6, 6.07) is 14.4. The molecule has 0 unspecified atom stereocenters. The van der Waals surface area contributed by atoms with Gasteiger partial charge >= 0.3 is 0 Å². The zero-order valence-corrected chi connectivity index (χ0v) is 8.70. The minimum Gasteiger partial charge on any atom is -0.508 e. The van der Waals surface area contributed by atoms with Gasteiger partial charge in [-0.05, 0) is 24.3 Å². The van der Waals surface area contributed by atoms with Gasteiger partial charge in [0.05, 0.1) is 10.7 Å². The van der Waals surface area contributed by atoms with Gasteiger partial charge in [0.15, 0.2) is 0 Å². The summed E-state index contributed by atoms with van der Waals surface area (Å²) in [4.78, 5) is 0. The summed E-state index contributed by atoms with van der Waals surface area (Å²) in [7, 11) is 0. The van der Waals surface area contributed by atoms with E-state index in [1.807, 2.05) is 30.3 Å². The molecule has 0 radical (unpaired) electrons. The van der Waals surface area contributed by atoms with Crippen LogP contribution in [0.1, 0.15) is 0 Å². The third kappa shape index (κ3) is 2.42. The number of anilines is 2. The number of rotatable bonds is 2. The second-order valence-electron chi connectivity index (χ2n) is 3.16. The monoisotopic (exact) mass is 219 g/mol. The van der Waals surface area contributed by atoms with Gasteiger partial charge in [-0.25, -0.2) is 0 Å². The molecule has 2 rings (SSSR count). The molecular formula is C12H10ClNO. The highest BCUT2D eigenvalue weighted by Crippen LogP contribution is 2.26. The fourth-order valence-electron chi connectivity index (χ4n) is 1.30. The predicted molar refractivity (Wildman–Crippen MR) is 62.8 cm³/mol. The van der Waals surface area contributed by atoms with E-state index in [4.69, 9.17) is 11.6 Å². The van der Waals surface area contributed by atoms with Crippen LogP contribution in [0, 0.1) is 0 Å². The van der Waals surface area contributed by atoms with Crippen molar-refractivity contribution in [3.8, 4) is 5.75 Å². The van der Waals surface area contributed by atoms with E-state index < -0.39 is 0 Å². The fraction of sp³-hybridized carbons (Fsp3) is 0. The van der Waals surface area contributed by atoms with E-state index >= 15 is 0 Å². The molecular weight excluding hydrogens is 210 g/mol. The van der Waals surface area contributed by atoms with Crippen LogP contribution in [-0.2, 0) is 0 Å². The molecule has 2 aromatic rings. The maximum absolute atomic E-state index is 9.29. The quantitative estimate of drug-likeness (QED) is 0.806. The third-order valence-electron chi connectivity index (χ3n) is 2.00. The normalized spacial score (nSPS) is 9.93. The fourth-order valence-corrected chi connectivity index (χ4v) is 1.48. The van der Waals surface area contributed by atoms with Crippen molar-refractivity contribution < 1.29 is 5.11 Å². The Balaban J connectivity index is 2.26. The predicted octanol–water partition coefficient (Wildman–Crippen LogP) is 3.79. The van der Waals surface area contributed by atoms with E-state index in [0.717, 1.165) is 11.4 Å². The Labute approximate surface area is 93.1 Å². The summed E-state index contributed by atoms with van der Waals surface area (Å²) >= 11 is 5.99. The number of hydrogen-bond donors (Lipinski definition) is 2. The van der Waals surface area contributed by atoms with Crippen LogP contribution >= 0.6 is 11.6 Å². The second kappa shape index (κ2) is 4.24. The Morgan fingerprint density at radius 2 is 1.80 bits per heavy atom. The molecule has 0 aliphatic rings. The summed E-state index contributed by atoms with van der Waals surface area (Å²) in [5, 5.41) is 13.1. The van der Waals surface area contributed by atoms with Crippen LogP contribution in [0.5, 0.6) is 5.75 Å². The number of phenols is 1. The third-order valence-corrected chi connectivity index (χ3v) is 2.33. The van der Waals surface area contributed by atoms with Gasteiger partial charge in [0.25, 0.3) is 0 Å². The molecule has 0 fully saturated rings. The smallest absolute Gasteiger partial charge is 0.117 e. The first kappa shape index (κ1) is 9.87. The number of aromatic hydroxyl groups is 1. The zero-order chi connectivity index (χ0) is 10.7. The largest absolute Gasteiger partial charge is 0.508 e. The number of para-hydroxylation sites is 1. The highest BCUT2D eigenvalue weighted by Gasteiger charge is 1.99. The molecule has 0 aromatic heterocycles. The number of halogens is 1. The van der Waals surface area contributed by atoms with Crippen LogP contribution in [-0.4, -0.2) is 5.11 Å². The number of hydrogen-bond acceptors (Lipinski definition) is 2. The summed E-state index contributed by atoms with van der Waals surface area (Å²) in [6.07, 6.45) is 0. The lowest BCUT2D eigenvalue weighted by Crippen LogP contribution is -1.90. The van der Waals surface area contributed by atoms with Crippen molar-refractivity contribution in [3.05, 3.63) is 53.6 Å². The molecule has 0 aliphatic carbocycles. The first-order valence-corrected chi connectivity index (χ1v) is 4.94. The van der Waals surface area contributed by atoms with Gasteiger partial charge in [-0.1, -0.05) is 29.8 Å². The molecule has 15 heavy (non-hydrogen) atoms. The van der Waals surface area contributed by atoms with E-state index in [9.17, 15) is 5.11 Å². The summed E-state index contributed by atoms with van der Waals surface area (Å²) in [5.41, 5.74) is 1.63. The van der Waals surface area contributed by atoms with Crippen LogP contribution in [0.4, 0.5) is 11.4 Å². The Bertz CT molecular complexity index is 471. The number of benzene rings is 2. The van der Waals surface area contributed by atoms with Gasteiger partial charge in [0.1, 0.15) is 5.75 Å². The molecule has 0 amide bonds. The molecule has 0 bridgehead atoms. The molecule has 3 heteroatoms. The average molecular weight is 220 g/mol. The Morgan fingerprint density at radius 3 is 2.53 bits per heavy atom. The van der Waals surface area contributed by atoms with E-state index in [-0.39, 0.29) is 5.75 Å². The van der Waals surface area contributed by atoms with Gasteiger partial charge in [-0.3, -0.25) is 0 Å². The summed E-state index contributed by atoms with van der Waals surface area (Å²) in [5.74, 6) is 0.229. The second-order valence-corrected chi connectivity index (χ2v) is 3.56. The summed E-state index contributed by atoms with van der Waals surface area (Å²) < 4.78 is 0. The standard InChI is InChI=1S/C12H10ClNO/c13-11-6-1-2-7-12(11)14-9-4-3-5-10(15)8-9/h1-8,14-15H. The van der Waals surface area contributed by atoms with Crippen LogP contribution in [0.15, 0.2) is 48.5 Å². The number of phenolic OH excluding ortho intramolecular Hbond substituents is 1. The van der Waals surface area contributed by atoms with Gasteiger partial charge in [-0.15, -0.1) is 0 Å². The van der Waals surface area contributed by atoms with Crippen LogP contribution in [0.2, 0.25) is 5.02 Å². The van der Waals surface area contributed by atoms with E-state index in [1.54, 1.807) is 18.2 Å². The van der Waals surface area contributed by atoms with Gasteiger partial charge in [0, 0.05) is 11.8 Å². The van der Waals surface area contributed by atoms with Crippen LogP contribution in [0.25, 0.3) is 0 Å². The van der Waals surface area contributed by atoms with Crippen LogP contribution < -0.4 is 5.32 Å². The first-order chi connectivity index (χ1) is 7.25. The molecule has 2 nitrogen and oxygen atoms in total. The summed E-state index contributed by atoms with van der Waals surface area (Å²) in [6.45, 7) is 0. The van der Waals surface area contributed by atoms with Crippen molar-refractivity contribution in [1.29, 1.82) is 0 Å². The number of nitrogens with one attached hydrogen (secondary N) is 1. The van der Waals surface area contributed by atoms with Crippen molar-refractivity contribution in [2.75, 3.05) is 5.32 Å². The van der Waals surface area contributed by atoms with Crippen molar-refractivity contribution in [2.45, 2.75) is 0 Å². The molecule has 0 spiro atoms. The average Bonchev–Trinajstić information content (AvgIpc) is 2.22. The van der Waals surface area contributed by atoms with Gasteiger partial charge in [0.2, 0.25) is 0 Å². The van der Waals surface area contributed by atoms with Crippen molar-refractivity contribution >= 4 is 23.0 Å². The molecule has 0 aliphatic heterocycles. The molecule has 0 saturated carbocycles. The minimum atomic E-state index is 0.229. The lowest BCUT2D eigenvalue weighted by Gasteiger charge is -2.07. The lowest BCUT2D eigenvalue weighted by molar-refractivity contribution is 0.475. The van der Waals surface area contributed by atoms with E-state index in [2.05, 4.69) is 5.32 Å². The van der Waals surface area contributed by atoms with E-state index in [1.165, 1.54) is 0 Å². The Kier molecular flexibility index (Phi) is 2.79.